The molecule has 2 heterocycles. The fourth-order valence-corrected chi connectivity index (χ4v) is 2.63. The van der Waals surface area contributed by atoms with Gasteiger partial charge in [0, 0.05) is 11.4 Å². The lowest BCUT2D eigenvalue weighted by Gasteiger charge is -2.23. The van der Waals surface area contributed by atoms with Crippen molar-refractivity contribution >= 4 is 28.8 Å². The molecular weight excluding hydrogens is 274 g/mol. The Morgan fingerprint density at radius 3 is 2.95 bits per heavy atom. The van der Waals surface area contributed by atoms with Gasteiger partial charge in [0.25, 0.3) is 0 Å². The van der Waals surface area contributed by atoms with Crippen LogP contribution in [-0.2, 0) is 11.3 Å². The quantitative estimate of drug-likeness (QED) is 0.857. The smallest absolute Gasteiger partial charge is 0.341 e. The van der Waals surface area contributed by atoms with Crippen LogP contribution in [0.3, 0.4) is 0 Å². The van der Waals surface area contributed by atoms with Gasteiger partial charge in [-0.1, -0.05) is 6.07 Å². The summed E-state index contributed by atoms with van der Waals surface area (Å²) in [5.41, 5.74) is 6.55. The molecule has 0 amide bonds. The van der Waals surface area contributed by atoms with Gasteiger partial charge < -0.3 is 15.4 Å². The summed E-state index contributed by atoms with van der Waals surface area (Å²) >= 11 is 1.67. The number of pyridine rings is 1. The van der Waals surface area contributed by atoms with E-state index in [1.165, 1.54) is 12.0 Å². The number of carbonyl (C=O) groups is 1. The third-order valence-electron chi connectivity index (χ3n) is 2.90. The van der Waals surface area contributed by atoms with E-state index < -0.39 is 5.97 Å². The molecule has 5 nitrogen and oxygen atoms in total. The van der Waals surface area contributed by atoms with Gasteiger partial charge in [-0.05, 0) is 24.4 Å². The number of thiophene rings is 1. The van der Waals surface area contributed by atoms with Crippen molar-refractivity contribution < 1.29 is 9.53 Å². The zero-order valence-electron chi connectivity index (χ0n) is 11.5. The Morgan fingerprint density at radius 1 is 1.55 bits per heavy atom. The molecule has 0 saturated heterocycles. The molecule has 2 aromatic rings. The van der Waals surface area contributed by atoms with Crippen molar-refractivity contribution in [2.75, 3.05) is 24.3 Å². The molecule has 0 spiro atoms. The lowest BCUT2D eigenvalue weighted by molar-refractivity contribution is 0.0601. The van der Waals surface area contributed by atoms with Gasteiger partial charge in [-0.2, -0.15) is 0 Å². The minimum absolute atomic E-state index is 0.394. The van der Waals surface area contributed by atoms with Crippen molar-refractivity contribution in [3.63, 3.8) is 0 Å². The Morgan fingerprint density at radius 2 is 2.35 bits per heavy atom. The highest BCUT2D eigenvalue weighted by Crippen LogP contribution is 2.23. The third kappa shape index (κ3) is 3.08. The van der Waals surface area contributed by atoms with E-state index in [2.05, 4.69) is 11.1 Å². The molecule has 0 saturated carbocycles. The molecule has 20 heavy (non-hydrogen) atoms. The first kappa shape index (κ1) is 14.3. The first-order valence-corrected chi connectivity index (χ1v) is 7.14. The van der Waals surface area contributed by atoms with Crippen LogP contribution < -0.4 is 10.6 Å². The molecule has 0 bridgehead atoms. The molecule has 106 valence electrons. The number of hydrogen-bond donors (Lipinski definition) is 1. The Bertz CT molecular complexity index is 584. The van der Waals surface area contributed by atoms with Crippen molar-refractivity contribution in [2.24, 2.45) is 0 Å². The topological polar surface area (TPSA) is 68.5 Å². The summed E-state index contributed by atoms with van der Waals surface area (Å²) in [5.74, 6) is 0.173. The Labute approximate surface area is 122 Å². The zero-order chi connectivity index (χ0) is 14.5. The highest BCUT2D eigenvalue weighted by atomic mass is 32.1. The first-order chi connectivity index (χ1) is 9.65. The second-order valence-corrected chi connectivity index (χ2v) is 5.26. The second-order valence-electron chi connectivity index (χ2n) is 4.22. The van der Waals surface area contributed by atoms with Crippen LogP contribution in [0.5, 0.6) is 0 Å². The molecule has 0 atom stereocenters. The molecule has 0 radical (unpaired) electrons. The molecule has 0 aliphatic heterocycles. The summed E-state index contributed by atoms with van der Waals surface area (Å²) in [6.45, 7) is 3.46. The van der Waals surface area contributed by atoms with E-state index in [0.29, 0.717) is 23.6 Å². The number of nitrogens with zero attached hydrogens (tertiary/aromatic N) is 2. The van der Waals surface area contributed by atoms with Gasteiger partial charge >= 0.3 is 5.97 Å². The molecular formula is C14H17N3O2S. The largest absolute Gasteiger partial charge is 0.465 e. The maximum Gasteiger partial charge on any atom is 0.341 e. The number of hydrogen-bond acceptors (Lipinski definition) is 6. The summed E-state index contributed by atoms with van der Waals surface area (Å²) in [6.07, 6.45) is 1.55. The van der Waals surface area contributed by atoms with Crippen LogP contribution in [0.1, 0.15) is 22.2 Å². The van der Waals surface area contributed by atoms with Crippen molar-refractivity contribution in [1.82, 2.24) is 4.98 Å². The molecule has 0 unspecified atom stereocenters. The predicted octanol–water partition coefficient (Wildman–Crippen LogP) is 2.54. The van der Waals surface area contributed by atoms with E-state index in [4.69, 9.17) is 10.5 Å². The first-order valence-electron chi connectivity index (χ1n) is 6.26. The minimum atomic E-state index is -0.426. The van der Waals surface area contributed by atoms with Crippen molar-refractivity contribution in [1.29, 1.82) is 0 Å². The zero-order valence-corrected chi connectivity index (χ0v) is 12.3. The maximum absolute atomic E-state index is 11.9. The fraction of sp³-hybridized carbons (Fsp3) is 0.286. The number of anilines is 2. The van der Waals surface area contributed by atoms with E-state index in [0.717, 1.165) is 6.54 Å². The number of nitrogen functional groups attached to an aromatic ring is 1. The highest BCUT2D eigenvalue weighted by molar-refractivity contribution is 7.09. The van der Waals surface area contributed by atoms with Crippen LogP contribution in [0.15, 0.2) is 29.8 Å². The van der Waals surface area contributed by atoms with Crippen LogP contribution in [0, 0.1) is 0 Å². The van der Waals surface area contributed by atoms with Crippen LogP contribution >= 0.6 is 11.3 Å². The van der Waals surface area contributed by atoms with Crippen LogP contribution in [0.2, 0.25) is 0 Å². The van der Waals surface area contributed by atoms with Gasteiger partial charge in [-0.25, -0.2) is 9.78 Å². The molecule has 0 fully saturated rings. The molecule has 0 aliphatic carbocycles. The lowest BCUT2D eigenvalue weighted by Crippen LogP contribution is -2.25. The van der Waals surface area contributed by atoms with E-state index in [1.807, 2.05) is 23.3 Å². The highest BCUT2D eigenvalue weighted by Gasteiger charge is 2.18. The van der Waals surface area contributed by atoms with Gasteiger partial charge in [0.05, 0.1) is 25.5 Å². The molecule has 2 N–H and O–H groups in total. The lowest BCUT2D eigenvalue weighted by atomic mass is 10.2. The number of aromatic nitrogens is 1. The average molecular weight is 291 g/mol. The van der Waals surface area contributed by atoms with Gasteiger partial charge in [0.1, 0.15) is 11.4 Å². The number of carbonyl (C=O) groups excluding carboxylic acids is 1. The standard InChI is InChI=1S/C14H17N3O2S/c1-3-17(9-11-5-4-6-20-11)13-12(14(18)19-2)7-10(15)8-16-13/h4-8H,3,9,15H2,1-2H3. The monoisotopic (exact) mass is 291 g/mol. The van der Waals surface area contributed by atoms with E-state index in [1.54, 1.807) is 23.6 Å². The van der Waals surface area contributed by atoms with Crippen molar-refractivity contribution in [3.8, 4) is 0 Å². The summed E-state index contributed by atoms with van der Waals surface area (Å²) in [5, 5.41) is 2.03. The Balaban J connectivity index is 2.35. The molecule has 0 aromatic carbocycles. The van der Waals surface area contributed by atoms with Gasteiger partial charge in [0.15, 0.2) is 0 Å². The summed E-state index contributed by atoms with van der Waals surface area (Å²) in [4.78, 5) is 19.4. The molecule has 2 rings (SSSR count). The molecule has 2 aromatic heterocycles. The maximum atomic E-state index is 11.9. The van der Waals surface area contributed by atoms with Crippen molar-refractivity contribution in [2.45, 2.75) is 13.5 Å². The van der Waals surface area contributed by atoms with Crippen molar-refractivity contribution in [3.05, 3.63) is 40.2 Å². The summed E-state index contributed by atoms with van der Waals surface area (Å²) in [6, 6.07) is 5.67. The summed E-state index contributed by atoms with van der Waals surface area (Å²) < 4.78 is 4.80. The van der Waals surface area contributed by atoms with Gasteiger partial charge in [-0.3, -0.25) is 0 Å². The Kier molecular flexibility index (Phi) is 4.57. The normalized spacial score (nSPS) is 10.3. The van der Waals surface area contributed by atoms with E-state index in [-0.39, 0.29) is 0 Å². The predicted molar refractivity (Wildman–Crippen MR) is 81.0 cm³/mol. The number of esters is 1. The average Bonchev–Trinajstić information content (AvgIpc) is 2.97. The van der Waals surface area contributed by atoms with Gasteiger partial charge in [-0.15, -0.1) is 11.3 Å². The number of methoxy groups -OCH3 is 1. The molecule has 0 aliphatic rings. The van der Waals surface area contributed by atoms with Crippen LogP contribution in [-0.4, -0.2) is 24.6 Å². The Hall–Kier alpha value is -2.08. The number of rotatable bonds is 5. The van der Waals surface area contributed by atoms with E-state index >= 15 is 0 Å². The fourth-order valence-electron chi connectivity index (χ4n) is 1.91. The van der Waals surface area contributed by atoms with Crippen LogP contribution in [0.4, 0.5) is 11.5 Å². The third-order valence-corrected chi connectivity index (χ3v) is 3.76. The SMILES string of the molecule is CCN(Cc1cccs1)c1ncc(N)cc1C(=O)OC. The number of nitrogens with two attached hydrogens (primary N) is 1. The summed E-state index contributed by atoms with van der Waals surface area (Å²) in [7, 11) is 1.35. The second kappa shape index (κ2) is 6.38. The molecule has 6 heteroatoms. The van der Waals surface area contributed by atoms with E-state index in [9.17, 15) is 4.79 Å². The van der Waals surface area contributed by atoms with Gasteiger partial charge in [0.2, 0.25) is 0 Å². The van der Waals surface area contributed by atoms with Crippen LogP contribution in [0.25, 0.3) is 0 Å². The minimum Gasteiger partial charge on any atom is -0.465 e. The number of ether oxygens (including phenoxy) is 1.